The maximum Gasteiger partial charge on any atom is 0.250 e. The van der Waals surface area contributed by atoms with Crippen LogP contribution < -0.4 is 16.2 Å². The number of fused-ring (bicyclic) bond motifs is 1. The molecule has 2 heterocycles. The van der Waals surface area contributed by atoms with Gasteiger partial charge in [-0.3, -0.25) is 14.4 Å². The van der Waals surface area contributed by atoms with Crippen LogP contribution in [0.1, 0.15) is 23.1 Å². The second-order valence-corrected chi connectivity index (χ2v) is 12.1. The lowest BCUT2D eigenvalue weighted by Crippen LogP contribution is -2.41. The van der Waals surface area contributed by atoms with Crippen LogP contribution in [0.2, 0.25) is 0 Å². The summed E-state index contributed by atoms with van der Waals surface area (Å²) in [7, 11) is -2.71. The second kappa shape index (κ2) is 10.1. The molecule has 12 heteroatoms. The molecule has 1 aliphatic rings. The van der Waals surface area contributed by atoms with Crippen LogP contribution in [0.15, 0.2) is 70.5 Å². The van der Waals surface area contributed by atoms with E-state index in [1.165, 1.54) is 10.6 Å². The van der Waals surface area contributed by atoms with Crippen LogP contribution in [0.4, 0.5) is 4.39 Å². The molecule has 0 saturated heterocycles. The molecule has 4 aromatic rings. The van der Waals surface area contributed by atoms with Gasteiger partial charge in [-0.1, -0.05) is 6.07 Å². The zero-order valence-electron chi connectivity index (χ0n) is 20.2. The third-order valence-electron chi connectivity index (χ3n) is 6.12. The van der Waals surface area contributed by atoms with Crippen LogP contribution in [0.5, 0.6) is 0 Å². The summed E-state index contributed by atoms with van der Waals surface area (Å²) in [5.74, 6) is -1.95. The fourth-order valence-corrected chi connectivity index (χ4v) is 6.86. The average Bonchev–Trinajstić information content (AvgIpc) is 3.60. The van der Waals surface area contributed by atoms with Crippen LogP contribution in [-0.4, -0.2) is 42.4 Å². The second-order valence-electron chi connectivity index (χ2n) is 9.04. The van der Waals surface area contributed by atoms with Gasteiger partial charge in [0.05, 0.1) is 21.7 Å². The van der Waals surface area contributed by atoms with Gasteiger partial charge in [-0.15, -0.1) is 11.3 Å². The van der Waals surface area contributed by atoms with Gasteiger partial charge in [-0.25, -0.2) is 17.8 Å². The Kier molecular flexibility index (Phi) is 6.84. The molecule has 2 amide bonds. The van der Waals surface area contributed by atoms with E-state index in [2.05, 4.69) is 15.6 Å². The molecule has 5 rings (SSSR count). The Bertz CT molecular complexity index is 1710. The SMILES string of the molecule is Cn1ccc(-c2ccc3nc(C(C(=O)NCC(=O)NC4CC4)S(=O)(=O)c4ccc(F)cc4)sc3c2)cc1=O. The van der Waals surface area contributed by atoms with Gasteiger partial charge in [0.15, 0.2) is 15.1 Å². The van der Waals surface area contributed by atoms with Crippen molar-refractivity contribution in [2.45, 2.75) is 29.0 Å². The van der Waals surface area contributed by atoms with E-state index in [9.17, 15) is 27.2 Å². The van der Waals surface area contributed by atoms with Crippen molar-refractivity contribution in [1.29, 1.82) is 0 Å². The van der Waals surface area contributed by atoms with Crippen molar-refractivity contribution in [3.8, 4) is 11.1 Å². The molecule has 2 aromatic carbocycles. The number of sulfone groups is 1. The Morgan fingerprint density at radius 2 is 1.82 bits per heavy atom. The number of nitrogens with zero attached hydrogens (tertiary/aromatic N) is 2. The molecular weight excluding hydrogens is 531 g/mol. The highest BCUT2D eigenvalue weighted by atomic mass is 32.2. The van der Waals surface area contributed by atoms with Crippen LogP contribution in [0, 0.1) is 5.82 Å². The predicted molar refractivity (Wildman–Crippen MR) is 141 cm³/mol. The van der Waals surface area contributed by atoms with E-state index in [-0.39, 0.29) is 28.0 Å². The number of pyridine rings is 1. The number of aromatic nitrogens is 2. The number of carbonyl (C=O) groups is 2. The minimum atomic E-state index is -4.36. The number of rotatable bonds is 8. The molecule has 9 nitrogen and oxygen atoms in total. The first-order chi connectivity index (χ1) is 18.1. The monoisotopic (exact) mass is 554 g/mol. The summed E-state index contributed by atoms with van der Waals surface area (Å²) in [6.45, 7) is -0.386. The number of carbonyl (C=O) groups excluding carboxylic acids is 2. The zero-order chi connectivity index (χ0) is 27.0. The Morgan fingerprint density at radius 1 is 1.11 bits per heavy atom. The molecule has 0 radical (unpaired) electrons. The van der Waals surface area contributed by atoms with Crippen molar-refractivity contribution in [3.63, 3.8) is 0 Å². The van der Waals surface area contributed by atoms with Crippen LogP contribution in [0.3, 0.4) is 0 Å². The molecule has 1 unspecified atom stereocenters. The van der Waals surface area contributed by atoms with E-state index >= 15 is 0 Å². The molecule has 2 aromatic heterocycles. The van der Waals surface area contributed by atoms with Gasteiger partial charge < -0.3 is 15.2 Å². The number of aryl methyl sites for hydroxylation is 1. The number of halogens is 1. The summed E-state index contributed by atoms with van der Waals surface area (Å²) in [5.41, 5.74) is 1.70. The van der Waals surface area contributed by atoms with Crippen molar-refractivity contribution in [2.75, 3.05) is 6.54 Å². The van der Waals surface area contributed by atoms with Crippen molar-refractivity contribution < 1.29 is 22.4 Å². The molecular formula is C26H23FN4O5S2. The number of benzene rings is 2. The standard InChI is InChI=1S/C26H23FN4O5S2/c1-31-11-10-16(13-23(31)33)15-2-9-20-21(12-15)37-26(30-20)24(25(34)28-14-22(32)29-18-5-6-18)38(35,36)19-7-3-17(27)4-8-19/h2-4,7-13,18,24H,5-6,14H2,1H3,(H,28,34)(H,29,32). The molecule has 0 aliphatic heterocycles. The highest BCUT2D eigenvalue weighted by molar-refractivity contribution is 7.92. The van der Waals surface area contributed by atoms with E-state index in [1.54, 1.807) is 37.5 Å². The predicted octanol–water partition coefficient (Wildman–Crippen LogP) is 2.71. The van der Waals surface area contributed by atoms with E-state index in [4.69, 9.17) is 0 Å². The first kappa shape index (κ1) is 25.7. The quantitative estimate of drug-likeness (QED) is 0.323. The topological polar surface area (TPSA) is 127 Å². The largest absolute Gasteiger partial charge is 0.352 e. The van der Waals surface area contributed by atoms with Crippen LogP contribution >= 0.6 is 11.3 Å². The van der Waals surface area contributed by atoms with Crippen molar-refractivity contribution >= 4 is 43.2 Å². The highest BCUT2D eigenvalue weighted by Gasteiger charge is 2.38. The lowest BCUT2D eigenvalue weighted by molar-refractivity contribution is -0.126. The minimum absolute atomic E-state index is 0.00514. The van der Waals surface area contributed by atoms with Gasteiger partial charge in [0.1, 0.15) is 10.8 Å². The molecule has 2 N–H and O–H groups in total. The number of hydrogen-bond acceptors (Lipinski definition) is 7. The molecule has 38 heavy (non-hydrogen) atoms. The van der Waals surface area contributed by atoms with Gasteiger partial charge in [-0.05, 0) is 66.4 Å². The summed E-state index contributed by atoms with van der Waals surface area (Å²) in [5, 5.41) is 3.40. The van der Waals surface area contributed by atoms with Gasteiger partial charge in [0, 0.05) is 25.4 Å². The van der Waals surface area contributed by atoms with Gasteiger partial charge in [0.2, 0.25) is 11.8 Å². The van der Waals surface area contributed by atoms with Crippen molar-refractivity contribution in [3.05, 3.63) is 82.0 Å². The molecule has 1 atom stereocenters. The van der Waals surface area contributed by atoms with Gasteiger partial charge >= 0.3 is 0 Å². The number of amides is 2. The Balaban J connectivity index is 1.51. The number of hydrogen-bond donors (Lipinski definition) is 2. The van der Waals surface area contributed by atoms with E-state index in [1.807, 2.05) is 0 Å². The molecule has 0 bridgehead atoms. The minimum Gasteiger partial charge on any atom is -0.352 e. The summed E-state index contributed by atoms with van der Waals surface area (Å²) in [6.07, 6.45) is 3.38. The average molecular weight is 555 g/mol. The van der Waals surface area contributed by atoms with E-state index < -0.39 is 32.7 Å². The summed E-state index contributed by atoms with van der Waals surface area (Å²) >= 11 is 1.02. The Morgan fingerprint density at radius 3 is 2.50 bits per heavy atom. The third kappa shape index (κ3) is 5.36. The molecule has 1 fully saturated rings. The Hall–Kier alpha value is -3.90. The summed E-state index contributed by atoms with van der Waals surface area (Å²) in [4.78, 5) is 41.6. The fraction of sp³-hybridized carbons (Fsp3) is 0.231. The van der Waals surface area contributed by atoms with E-state index in [0.717, 1.165) is 54.0 Å². The smallest absolute Gasteiger partial charge is 0.250 e. The third-order valence-corrected chi connectivity index (χ3v) is 9.34. The molecule has 1 aliphatic carbocycles. The van der Waals surface area contributed by atoms with Crippen molar-refractivity contribution in [1.82, 2.24) is 20.2 Å². The number of nitrogens with one attached hydrogen (secondary N) is 2. The number of thiazole rings is 1. The van der Waals surface area contributed by atoms with Gasteiger partial charge in [-0.2, -0.15) is 0 Å². The molecule has 196 valence electrons. The summed E-state index contributed by atoms with van der Waals surface area (Å²) < 4.78 is 42.7. The maximum atomic E-state index is 13.6. The van der Waals surface area contributed by atoms with E-state index in [0.29, 0.717) is 15.8 Å². The van der Waals surface area contributed by atoms with Crippen LogP contribution in [0.25, 0.3) is 21.3 Å². The fourth-order valence-electron chi connectivity index (χ4n) is 3.87. The lowest BCUT2D eigenvalue weighted by Gasteiger charge is -2.16. The maximum absolute atomic E-state index is 13.6. The van der Waals surface area contributed by atoms with Crippen molar-refractivity contribution in [2.24, 2.45) is 7.05 Å². The zero-order valence-corrected chi connectivity index (χ0v) is 21.8. The normalized spacial score (nSPS) is 14.3. The van der Waals surface area contributed by atoms with Crippen LogP contribution in [-0.2, 0) is 26.5 Å². The Labute approximate surface area is 221 Å². The molecule has 0 spiro atoms. The first-order valence-electron chi connectivity index (χ1n) is 11.8. The first-order valence-corrected chi connectivity index (χ1v) is 14.1. The summed E-state index contributed by atoms with van der Waals surface area (Å²) in [6, 6.07) is 12.8. The van der Waals surface area contributed by atoms with Gasteiger partial charge in [0.25, 0.3) is 5.56 Å². The highest BCUT2D eigenvalue weighted by Crippen LogP contribution is 2.36. The molecule has 1 saturated carbocycles. The lowest BCUT2D eigenvalue weighted by atomic mass is 10.1.